The number of pyridine rings is 1. The number of aryl methyl sites for hydroxylation is 1. The van der Waals surface area contributed by atoms with Crippen molar-refractivity contribution in [2.45, 2.75) is 12.2 Å². The van der Waals surface area contributed by atoms with Gasteiger partial charge in [0.05, 0.1) is 16.1 Å². The number of anilines is 1. The van der Waals surface area contributed by atoms with E-state index in [1.807, 2.05) is 41.4 Å². The summed E-state index contributed by atoms with van der Waals surface area (Å²) >= 11 is 3.85. The highest BCUT2D eigenvalue weighted by molar-refractivity contribution is 7.98. The number of nitrogen functional groups attached to an aromatic ring is 1. The lowest BCUT2D eigenvalue weighted by Gasteiger charge is -2.08. The zero-order valence-corrected chi connectivity index (χ0v) is 12.9. The molecule has 0 radical (unpaired) electrons. The van der Waals surface area contributed by atoms with Crippen LogP contribution >= 0.6 is 23.1 Å². The maximum atomic E-state index is 6.06. The summed E-state index contributed by atoms with van der Waals surface area (Å²) in [6.07, 6.45) is 4.76. The third-order valence-electron chi connectivity index (χ3n) is 3.62. The zero-order valence-electron chi connectivity index (χ0n) is 11.3. The van der Waals surface area contributed by atoms with Crippen molar-refractivity contribution >= 4 is 28.9 Å². The second-order valence-electron chi connectivity index (χ2n) is 4.96. The van der Waals surface area contributed by atoms with Crippen LogP contribution in [0.15, 0.2) is 30.6 Å². The van der Waals surface area contributed by atoms with Crippen LogP contribution in [-0.2, 0) is 12.2 Å². The summed E-state index contributed by atoms with van der Waals surface area (Å²) in [4.78, 5) is 6.89. The number of thioether (sulfide) groups is 1. The van der Waals surface area contributed by atoms with Crippen LogP contribution in [0.5, 0.6) is 0 Å². The summed E-state index contributed by atoms with van der Waals surface area (Å²) < 4.78 is 0. The molecule has 0 amide bonds. The molecule has 4 nitrogen and oxygen atoms in total. The fourth-order valence-corrected chi connectivity index (χ4v) is 4.98. The van der Waals surface area contributed by atoms with Gasteiger partial charge in [0.15, 0.2) is 5.82 Å². The van der Waals surface area contributed by atoms with Crippen molar-refractivity contribution in [3.8, 4) is 21.7 Å². The van der Waals surface area contributed by atoms with Crippen LogP contribution < -0.4 is 5.73 Å². The second-order valence-corrected chi connectivity index (χ2v) is 7.20. The van der Waals surface area contributed by atoms with Crippen molar-refractivity contribution in [1.82, 2.24) is 15.2 Å². The first kappa shape index (κ1) is 12.9. The molecule has 0 bridgehead atoms. The molecule has 0 atom stereocenters. The molecule has 0 saturated heterocycles. The number of hydrogen-bond acceptors (Lipinski definition) is 5. The minimum atomic E-state index is 0.527. The molecule has 0 aliphatic carbocycles. The third kappa shape index (κ3) is 2.24. The first-order valence-corrected chi connectivity index (χ1v) is 8.74. The number of nitrogens with one attached hydrogen (secondary N) is 1. The van der Waals surface area contributed by atoms with Crippen molar-refractivity contribution in [1.29, 1.82) is 0 Å². The lowest BCUT2D eigenvalue weighted by molar-refractivity contribution is 1.10. The summed E-state index contributed by atoms with van der Waals surface area (Å²) in [5.74, 6) is 2.85. The Morgan fingerprint density at radius 3 is 3.10 bits per heavy atom. The van der Waals surface area contributed by atoms with Gasteiger partial charge in [-0.2, -0.15) is 16.9 Å². The molecule has 3 N–H and O–H groups in total. The molecule has 4 rings (SSSR count). The first-order chi connectivity index (χ1) is 10.3. The summed E-state index contributed by atoms with van der Waals surface area (Å²) in [5.41, 5.74) is 10.5. The van der Waals surface area contributed by atoms with Gasteiger partial charge in [-0.1, -0.05) is 6.07 Å². The Labute approximate surface area is 130 Å². The Kier molecular flexibility index (Phi) is 3.20. The normalized spacial score (nSPS) is 14.1. The molecular weight excluding hydrogens is 300 g/mol. The van der Waals surface area contributed by atoms with Crippen LogP contribution in [0, 0.1) is 0 Å². The van der Waals surface area contributed by atoms with Gasteiger partial charge < -0.3 is 5.73 Å². The highest BCUT2D eigenvalue weighted by Crippen LogP contribution is 2.41. The minimum absolute atomic E-state index is 0.527. The predicted octanol–water partition coefficient (Wildman–Crippen LogP) is 3.57. The van der Waals surface area contributed by atoms with Gasteiger partial charge in [0.25, 0.3) is 0 Å². The molecule has 3 aromatic rings. The zero-order chi connectivity index (χ0) is 14.2. The van der Waals surface area contributed by atoms with Crippen LogP contribution in [0.2, 0.25) is 0 Å². The van der Waals surface area contributed by atoms with Gasteiger partial charge in [-0.3, -0.25) is 10.1 Å². The van der Waals surface area contributed by atoms with E-state index < -0.39 is 0 Å². The largest absolute Gasteiger partial charge is 0.382 e. The molecule has 0 fully saturated rings. The van der Waals surface area contributed by atoms with E-state index in [0.29, 0.717) is 5.82 Å². The Balaban J connectivity index is 1.85. The van der Waals surface area contributed by atoms with E-state index >= 15 is 0 Å². The summed E-state index contributed by atoms with van der Waals surface area (Å²) in [6.45, 7) is 0. The van der Waals surface area contributed by atoms with Crippen LogP contribution in [0.25, 0.3) is 21.7 Å². The molecule has 0 aromatic carbocycles. The summed E-state index contributed by atoms with van der Waals surface area (Å²) in [7, 11) is 0. The average Bonchev–Trinajstić information content (AvgIpc) is 3.11. The molecule has 21 heavy (non-hydrogen) atoms. The lowest BCUT2D eigenvalue weighted by Crippen LogP contribution is -1.96. The number of rotatable bonds is 2. The van der Waals surface area contributed by atoms with Crippen LogP contribution in [0.4, 0.5) is 5.82 Å². The third-order valence-corrected chi connectivity index (χ3v) is 5.88. The number of hydrogen-bond donors (Lipinski definition) is 2. The summed E-state index contributed by atoms with van der Waals surface area (Å²) in [5, 5.41) is 7.30. The Morgan fingerprint density at radius 1 is 1.33 bits per heavy atom. The lowest BCUT2D eigenvalue weighted by atomic mass is 10.1. The Hall–Kier alpha value is -1.79. The monoisotopic (exact) mass is 314 g/mol. The van der Waals surface area contributed by atoms with E-state index in [2.05, 4.69) is 21.2 Å². The predicted molar refractivity (Wildman–Crippen MR) is 89.4 cm³/mol. The van der Waals surface area contributed by atoms with Crippen molar-refractivity contribution in [3.63, 3.8) is 0 Å². The SMILES string of the molecule is Nc1n[nH]c(-c2cc3c(s2)CCSC3)c1-c1cccnc1. The van der Waals surface area contributed by atoms with E-state index in [4.69, 9.17) is 5.73 Å². The van der Waals surface area contributed by atoms with E-state index in [1.165, 1.54) is 21.1 Å². The quantitative estimate of drug-likeness (QED) is 0.759. The van der Waals surface area contributed by atoms with Crippen molar-refractivity contribution < 1.29 is 0 Å². The summed E-state index contributed by atoms with van der Waals surface area (Å²) in [6, 6.07) is 6.21. The number of thiophene rings is 1. The van der Waals surface area contributed by atoms with Gasteiger partial charge in [-0.05, 0) is 29.9 Å². The molecule has 6 heteroatoms. The first-order valence-electron chi connectivity index (χ1n) is 6.77. The number of fused-ring (bicyclic) bond motifs is 1. The maximum absolute atomic E-state index is 6.06. The minimum Gasteiger partial charge on any atom is -0.382 e. The molecule has 0 saturated carbocycles. The topological polar surface area (TPSA) is 67.6 Å². The smallest absolute Gasteiger partial charge is 0.153 e. The van der Waals surface area contributed by atoms with Crippen LogP contribution in [-0.4, -0.2) is 20.9 Å². The number of nitrogens with two attached hydrogens (primary N) is 1. The van der Waals surface area contributed by atoms with Gasteiger partial charge in [-0.25, -0.2) is 0 Å². The standard InChI is InChI=1S/C15H14N4S2/c16-15-13(9-2-1-4-17-7-9)14(18-19-15)12-6-10-8-20-5-3-11(10)21-12/h1-2,4,6-7H,3,5,8H2,(H3,16,18,19). The average molecular weight is 314 g/mol. The second kappa shape index (κ2) is 5.20. The number of H-pyrrole nitrogens is 1. The molecule has 106 valence electrons. The van der Waals surface area contributed by atoms with Gasteiger partial charge in [-0.15, -0.1) is 11.3 Å². The highest BCUT2D eigenvalue weighted by Gasteiger charge is 2.20. The molecule has 3 aromatic heterocycles. The number of nitrogens with zero attached hydrogens (tertiary/aromatic N) is 2. The number of aromatic amines is 1. The van der Waals surface area contributed by atoms with Crippen molar-refractivity contribution in [2.24, 2.45) is 0 Å². The molecule has 0 unspecified atom stereocenters. The Morgan fingerprint density at radius 2 is 2.29 bits per heavy atom. The van der Waals surface area contributed by atoms with Gasteiger partial charge in [0.1, 0.15) is 0 Å². The van der Waals surface area contributed by atoms with Crippen molar-refractivity contribution in [2.75, 3.05) is 11.5 Å². The maximum Gasteiger partial charge on any atom is 0.153 e. The molecular formula is C15H14N4S2. The molecule has 4 heterocycles. The molecule has 1 aliphatic rings. The van der Waals surface area contributed by atoms with Crippen molar-refractivity contribution in [3.05, 3.63) is 41.0 Å². The highest BCUT2D eigenvalue weighted by atomic mass is 32.2. The number of aromatic nitrogens is 3. The van der Waals surface area contributed by atoms with Gasteiger partial charge >= 0.3 is 0 Å². The fourth-order valence-electron chi connectivity index (χ4n) is 2.61. The fraction of sp³-hybridized carbons (Fsp3) is 0.200. The molecule has 0 spiro atoms. The van der Waals surface area contributed by atoms with Gasteiger partial charge in [0.2, 0.25) is 0 Å². The van der Waals surface area contributed by atoms with Crippen LogP contribution in [0.1, 0.15) is 10.4 Å². The van der Waals surface area contributed by atoms with E-state index in [1.54, 1.807) is 6.20 Å². The van der Waals surface area contributed by atoms with E-state index in [0.717, 1.165) is 29.0 Å². The van der Waals surface area contributed by atoms with E-state index in [9.17, 15) is 0 Å². The Bertz CT molecular complexity index is 753. The van der Waals surface area contributed by atoms with E-state index in [-0.39, 0.29) is 0 Å². The molecule has 1 aliphatic heterocycles. The van der Waals surface area contributed by atoms with Crippen LogP contribution in [0.3, 0.4) is 0 Å². The van der Waals surface area contributed by atoms with Gasteiger partial charge in [0, 0.05) is 28.6 Å².